The fraction of sp³-hybridized carbons (Fsp3) is 0.222. The Morgan fingerprint density at radius 3 is 2.53 bits per heavy atom. The first-order valence-corrected chi connectivity index (χ1v) is 7.56. The predicted molar refractivity (Wildman–Crippen MR) is 67.8 cm³/mol. The van der Waals surface area contributed by atoms with Crippen molar-refractivity contribution in [2.24, 2.45) is 0 Å². The molecule has 1 aromatic carbocycles. The molecule has 3 nitrogen and oxygen atoms in total. The van der Waals surface area contributed by atoms with E-state index in [1.807, 2.05) is 6.92 Å². The Balaban J connectivity index is 3.23. The van der Waals surface area contributed by atoms with Crippen molar-refractivity contribution in [1.82, 2.24) is 0 Å². The van der Waals surface area contributed by atoms with Gasteiger partial charge in [-0.1, -0.05) is 0 Å². The molecule has 1 aromatic rings. The lowest BCUT2D eigenvalue weighted by molar-refractivity contribution is 0.112. The predicted octanol–water partition coefficient (Wildman–Crippen LogP) is 2.48. The van der Waals surface area contributed by atoms with Crippen molar-refractivity contribution in [2.45, 2.75) is 12.7 Å². The van der Waals surface area contributed by atoms with Crippen molar-refractivity contribution in [3.8, 4) is 0 Å². The molecule has 0 aliphatic heterocycles. The van der Waals surface area contributed by atoms with Crippen molar-refractivity contribution >= 4 is 48.6 Å². The molecule has 1 rings (SSSR count). The summed E-state index contributed by atoms with van der Waals surface area (Å²) in [7, 11) is 1.56. The van der Waals surface area contributed by atoms with Crippen LogP contribution in [0, 0.1) is 10.5 Å². The maximum atomic E-state index is 10.9. The summed E-state index contributed by atoms with van der Waals surface area (Å²) in [4.78, 5) is 10.7. The van der Waals surface area contributed by atoms with Crippen LogP contribution in [-0.2, 0) is 14.8 Å². The van der Waals surface area contributed by atoms with Gasteiger partial charge in [0, 0.05) is 19.8 Å². The number of benzene rings is 1. The standard InChI is InChI=1S/C9H8ClIO3S/c1-6-8(4-12)2-7(3-9(6)11)5-15(10,13)14/h2-4H,5H2,1H3. The van der Waals surface area contributed by atoms with Crippen LogP contribution < -0.4 is 0 Å². The molecule has 0 N–H and O–H groups in total. The monoisotopic (exact) mass is 358 g/mol. The summed E-state index contributed by atoms with van der Waals surface area (Å²) in [5.74, 6) is -0.258. The molecule has 0 unspecified atom stereocenters. The molecule has 82 valence electrons. The average Bonchev–Trinajstić information content (AvgIpc) is 2.08. The van der Waals surface area contributed by atoms with E-state index in [-0.39, 0.29) is 5.75 Å². The van der Waals surface area contributed by atoms with Crippen LogP contribution in [0.15, 0.2) is 12.1 Å². The summed E-state index contributed by atoms with van der Waals surface area (Å²) in [6.07, 6.45) is 0.710. The fourth-order valence-corrected chi connectivity index (χ4v) is 2.82. The molecule has 0 radical (unpaired) electrons. The third-order valence-corrected chi connectivity index (χ3v) is 4.04. The highest BCUT2D eigenvalue weighted by molar-refractivity contribution is 14.1. The minimum atomic E-state index is -3.58. The van der Waals surface area contributed by atoms with Crippen molar-refractivity contribution in [2.75, 3.05) is 0 Å². The van der Waals surface area contributed by atoms with Crippen LogP contribution in [0.25, 0.3) is 0 Å². The number of hydrogen-bond acceptors (Lipinski definition) is 3. The Bertz CT molecular complexity index is 496. The van der Waals surface area contributed by atoms with Gasteiger partial charge in [-0.2, -0.15) is 0 Å². The molecule has 0 amide bonds. The van der Waals surface area contributed by atoms with E-state index in [1.165, 1.54) is 0 Å². The highest BCUT2D eigenvalue weighted by Crippen LogP contribution is 2.20. The second-order valence-corrected chi connectivity index (χ2v) is 7.03. The zero-order valence-corrected chi connectivity index (χ0v) is 11.6. The number of halogens is 2. The van der Waals surface area contributed by atoms with Gasteiger partial charge in [-0.05, 0) is 52.8 Å². The quantitative estimate of drug-likeness (QED) is 0.474. The normalized spacial score (nSPS) is 11.4. The summed E-state index contributed by atoms with van der Waals surface area (Å²) in [5, 5.41) is 0. The summed E-state index contributed by atoms with van der Waals surface area (Å²) in [6.45, 7) is 1.81. The zero-order chi connectivity index (χ0) is 11.6. The smallest absolute Gasteiger partial charge is 0.236 e. The van der Waals surface area contributed by atoms with Crippen molar-refractivity contribution in [3.63, 3.8) is 0 Å². The lowest BCUT2D eigenvalue weighted by Gasteiger charge is -2.05. The highest BCUT2D eigenvalue weighted by Gasteiger charge is 2.10. The third-order valence-electron chi connectivity index (χ3n) is 1.91. The summed E-state index contributed by atoms with van der Waals surface area (Å²) < 4.78 is 22.6. The van der Waals surface area contributed by atoms with Gasteiger partial charge in [-0.15, -0.1) is 0 Å². The molecule has 0 aliphatic carbocycles. The molecule has 0 atom stereocenters. The minimum absolute atomic E-state index is 0.258. The summed E-state index contributed by atoms with van der Waals surface area (Å²) in [5.41, 5.74) is 1.88. The van der Waals surface area contributed by atoms with Gasteiger partial charge in [0.1, 0.15) is 6.29 Å². The second-order valence-electron chi connectivity index (χ2n) is 3.09. The highest BCUT2D eigenvalue weighted by atomic mass is 127. The maximum Gasteiger partial charge on any atom is 0.236 e. The molecular weight excluding hydrogens is 351 g/mol. The van der Waals surface area contributed by atoms with Crippen LogP contribution >= 0.6 is 33.3 Å². The molecule has 0 spiro atoms. The molecule has 0 aliphatic rings. The van der Waals surface area contributed by atoms with Gasteiger partial charge in [-0.3, -0.25) is 4.79 Å². The van der Waals surface area contributed by atoms with Gasteiger partial charge in [0.05, 0.1) is 5.75 Å². The molecule has 0 saturated heterocycles. The number of carbonyl (C=O) groups excluding carboxylic acids is 1. The third kappa shape index (κ3) is 3.73. The Labute approximate surface area is 106 Å². The largest absolute Gasteiger partial charge is 0.298 e. The zero-order valence-electron chi connectivity index (χ0n) is 7.83. The topological polar surface area (TPSA) is 51.2 Å². The Morgan fingerprint density at radius 2 is 2.07 bits per heavy atom. The van der Waals surface area contributed by atoms with Gasteiger partial charge in [0.15, 0.2) is 0 Å². The lowest BCUT2D eigenvalue weighted by Crippen LogP contribution is -1.99. The van der Waals surface area contributed by atoms with E-state index in [2.05, 4.69) is 22.6 Å². The van der Waals surface area contributed by atoms with Crippen LogP contribution in [0.4, 0.5) is 0 Å². The first kappa shape index (κ1) is 12.9. The lowest BCUT2D eigenvalue weighted by atomic mass is 10.1. The minimum Gasteiger partial charge on any atom is -0.298 e. The number of aldehydes is 1. The molecular formula is C9H8ClIO3S. The molecule has 0 fully saturated rings. The molecule has 0 aromatic heterocycles. The van der Waals surface area contributed by atoms with E-state index in [4.69, 9.17) is 10.7 Å². The first-order valence-electron chi connectivity index (χ1n) is 4.00. The van der Waals surface area contributed by atoms with Gasteiger partial charge < -0.3 is 0 Å². The Hall–Kier alpha value is -0.140. The second kappa shape index (κ2) is 4.80. The molecule has 15 heavy (non-hydrogen) atoms. The average molecular weight is 359 g/mol. The van der Waals surface area contributed by atoms with E-state index in [0.29, 0.717) is 17.4 Å². The van der Waals surface area contributed by atoms with Crippen LogP contribution in [-0.4, -0.2) is 14.7 Å². The summed E-state index contributed by atoms with van der Waals surface area (Å²) in [6, 6.07) is 3.26. The fourth-order valence-electron chi connectivity index (χ4n) is 1.16. The van der Waals surface area contributed by atoms with E-state index < -0.39 is 9.05 Å². The maximum absolute atomic E-state index is 10.9. The molecule has 0 saturated carbocycles. The van der Waals surface area contributed by atoms with E-state index in [1.54, 1.807) is 12.1 Å². The first-order chi connectivity index (χ1) is 6.83. The van der Waals surface area contributed by atoms with Crippen LogP contribution in [0.5, 0.6) is 0 Å². The van der Waals surface area contributed by atoms with Crippen molar-refractivity contribution in [3.05, 3.63) is 32.4 Å². The number of hydrogen-bond donors (Lipinski definition) is 0. The van der Waals surface area contributed by atoms with E-state index in [0.717, 1.165) is 9.13 Å². The van der Waals surface area contributed by atoms with Gasteiger partial charge in [0.25, 0.3) is 0 Å². The van der Waals surface area contributed by atoms with Crippen molar-refractivity contribution < 1.29 is 13.2 Å². The van der Waals surface area contributed by atoms with Crippen LogP contribution in [0.3, 0.4) is 0 Å². The number of carbonyl (C=O) groups is 1. The van der Waals surface area contributed by atoms with E-state index in [9.17, 15) is 13.2 Å². The van der Waals surface area contributed by atoms with E-state index >= 15 is 0 Å². The SMILES string of the molecule is Cc1c(I)cc(CS(=O)(=O)Cl)cc1C=O. The van der Waals surface area contributed by atoms with Gasteiger partial charge in [-0.25, -0.2) is 8.42 Å². The van der Waals surface area contributed by atoms with Crippen LogP contribution in [0.2, 0.25) is 0 Å². The van der Waals surface area contributed by atoms with Gasteiger partial charge >= 0.3 is 0 Å². The van der Waals surface area contributed by atoms with Crippen LogP contribution in [0.1, 0.15) is 21.5 Å². The van der Waals surface area contributed by atoms with Crippen molar-refractivity contribution in [1.29, 1.82) is 0 Å². The molecule has 0 bridgehead atoms. The number of rotatable bonds is 3. The van der Waals surface area contributed by atoms with Gasteiger partial charge in [0.2, 0.25) is 9.05 Å². The Morgan fingerprint density at radius 1 is 1.47 bits per heavy atom. The molecule has 0 heterocycles. The Kier molecular flexibility index (Phi) is 4.13. The summed E-state index contributed by atoms with van der Waals surface area (Å²) >= 11 is 2.05. The molecule has 6 heteroatoms.